The van der Waals surface area contributed by atoms with E-state index in [1.165, 1.54) is 4.88 Å². The van der Waals surface area contributed by atoms with Crippen LogP contribution in [0, 0.1) is 6.92 Å². The summed E-state index contributed by atoms with van der Waals surface area (Å²) in [6, 6.07) is 4.02. The summed E-state index contributed by atoms with van der Waals surface area (Å²) in [6.07, 6.45) is 3.09. The average Bonchev–Trinajstić information content (AvgIpc) is 2.92. The molecule has 0 fully saturated rings. The molecule has 2 rings (SSSR count). The maximum Gasteiger partial charge on any atom is 0.105 e. The van der Waals surface area contributed by atoms with Gasteiger partial charge in [-0.25, -0.2) is 4.98 Å². The fraction of sp³-hybridized carbons (Fsp3) is 0.417. The highest BCUT2D eigenvalue weighted by molar-refractivity contribution is 7.09. The van der Waals surface area contributed by atoms with Gasteiger partial charge in [-0.3, -0.25) is 0 Å². The summed E-state index contributed by atoms with van der Waals surface area (Å²) in [5, 5.41) is 11.8. The van der Waals surface area contributed by atoms with E-state index in [2.05, 4.69) is 4.98 Å². The Morgan fingerprint density at radius 2 is 2.47 bits per heavy atom. The first-order chi connectivity index (χ1) is 8.25. The zero-order chi connectivity index (χ0) is 12.1. The van der Waals surface area contributed by atoms with Gasteiger partial charge in [0.1, 0.15) is 5.82 Å². The molecule has 0 saturated carbocycles. The summed E-state index contributed by atoms with van der Waals surface area (Å²) in [7, 11) is 0. The summed E-state index contributed by atoms with van der Waals surface area (Å²) in [6.45, 7) is 3.35. The van der Waals surface area contributed by atoms with Crippen LogP contribution in [0.25, 0.3) is 0 Å². The van der Waals surface area contributed by atoms with Gasteiger partial charge in [0, 0.05) is 17.3 Å². The average molecular weight is 252 g/mol. The Labute approximate surface area is 105 Å². The number of aryl methyl sites for hydroxylation is 1. The highest BCUT2D eigenvalue weighted by atomic mass is 32.1. The van der Waals surface area contributed by atoms with E-state index in [-0.39, 0.29) is 0 Å². The van der Waals surface area contributed by atoms with E-state index >= 15 is 0 Å². The molecule has 0 aliphatic carbocycles. The van der Waals surface area contributed by atoms with Crippen LogP contribution in [-0.2, 0) is 17.9 Å². The van der Waals surface area contributed by atoms with Gasteiger partial charge in [-0.15, -0.1) is 11.3 Å². The fourth-order valence-corrected chi connectivity index (χ4v) is 2.21. The van der Waals surface area contributed by atoms with Gasteiger partial charge in [-0.05, 0) is 18.4 Å². The summed E-state index contributed by atoms with van der Waals surface area (Å²) in [4.78, 5) is 5.28. The second-order valence-electron chi connectivity index (χ2n) is 3.88. The Morgan fingerprint density at radius 3 is 3.12 bits per heavy atom. The van der Waals surface area contributed by atoms with Crippen molar-refractivity contribution in [2.75, 3.05) is 6.61 Å². The molecule has 1 N–H and O–H groups in total. The molecule has 17 heavy (non-hydrogen) atoms. The van der Waals surface area contributed by atoms with Gasteiger partial charge in [0.15, 0.2) is 0 Å². The first kappa shape index (κ1) is 12.3. The van der Waals surface area contributed by atoms with Crippen molar-refractivity contribution in [2.24, 2.45) is 0 Å². The zero-order valence-corrected chi connectivity index (χ0v) is 10.6. The highest BCUT2D eigenvalue weighted by Crippen LogP contribution is 2.09. The molecule has 0 aromatic carbocycles. The smallest absolute Gasteiger partial charge is 0.105 e. The molecular weight excluding hydrogens is 236 g/mol. The molecule has 0 spiro atoms. The van der Waals surface area contributed by atoms with Crippen LogP contribution in [0.3, 0.4) is 0 Å². The Morgan fingerprint density at radius 1 is 1.59 bits per heavy atom. The second kappa shape index (κ2) is 5.95. The minimum Gasteiger partial charge on any atom is -0.389 e. The lowest BCUT2D eigenvalue weighted by Crippen LogP contribution is -2.22. The van der Waals surface area contributed by atoms with Crippen molar-refractivity contribution in [1.29, 1.82) is 0 Å². The van der Waals surface area contributed by atoms with Crippen molar-refractivity contribution >= 4 is 11.3 Å². The highest BCUT2D eigenvalue weighted by Gasteiger charge is 2.07. The normalized spacial score (nSPS) is 12.8. The van der Waals surface area contributed by atoms with Crippen molar-refractivity contribution in [3.8, 4) is 0 Å². The number of hydrogen-bond acceptors (Lipinski definition) is 4. The number of aliphatic hydroxyl groups is 1. The van der Waals surface area contributed by atoms with Crippen molar-refractivity contribution in [1.82, 2.24) is 9.55 Å². The summed E-state index contributed by atoms with van der Waals surface area (Å²) < 4.78 is 7.37. The van der Waals surface area contributed by atoms with Crippen LogP contribution in [-0.4, -0.2) is 27.4 Å². The molecule has 2 heterocycles. The van der Waals surface area contributed by atoms with Gasteiger partial charge in [-0.1, -0.05) is 6.07 Å². The Balaban J connectivity index is 1.71. The molecule has 0 bridgehead atoms. The lowest BCUT2D eigenvalue weighted by Gasteiger charge is -2.12. The van der Waals surface area contributed by atoms with E-state index in [1.54, 1.807) is 17.5 Å². The van der Waals surface area contributed by atoms with Gasteiger partial charge in [0.25, 0.3) is 0 Å². The lowest BCUT2D eigenvalue weighted by molar-refractivity contribution is 0.0210. The molecule has 1 atom stereocenters. The number of aromatic nitrogens is 2. The molecule has 92 valence electrons. The molecule has 0 amide bonds. The number of hydrogen-bond donors (Lipinski definition) is 1. The van der Waals surface area contributed by atoms with Crippen molar-refractivity contribution < 1.29 is 9.84 Å². The lowest BCUT2D eigenvalue weighted by atomic mass is 10.3. The second-order valence-corrected chi connectivity index (χ2v) is 4.91. The van der Waals surface area contributed by atoms with Gasteiger partial charge < -0.3 is 14.4 Å². The van der Waals surface area contributed by atoms with E-state index in [9.17, 15) is 5.11 Å². The Hall–Kier alpha value is -1.17. The summed E-state index contributed by atoms with van der Waals surface area (Å²) >= 11 is 1.66. The number of thiophene rings is 1. The maximum atomic E-state index is 9.80. The van der Waals surface area contributed by atoms with Crippen molar-refractivity contribution in [3.05, 3.63) is 40.6 Å². The van der Waals surface area contributed by atoms with Crippen LogP contribution in [0.2, 0.25) is 0 Å². The number of imidazole rings is 1. The molecule has 4 nitrogen and oxygen atoms in total. The molecule has 2 aromatic rings. The number of aliphatic hydroxyl groups excluding tert-OH is 1. The number of nitrogens with zero attached hydrogens (tertiary/aromatic N) is 2. The predicted octanol–water partition coefficient (Wildman–Crippen LogP) is 1.83. The van der Waals surface area contributed by atoms with Crippen molar-refractivity contribution in [2.45, 2.75) is 26.2 Å². The zero-order valence-electron chi connectivity index (χ0n) is 9.74. The van der Waals surface area contributed by atoms with Crippen LogP contribution in [0.1, 0.15) is 10.7 Å². The number of ether oxygens (including phenoxy) is 1. The maximum absolute atomic E-state index is 9.80. The molecular formula is C12H16N2O2S. The van der Waals surface area contributed by atoms with E-state index in [4.69, 9.17) is 4.74 Å². The van der Waals surface area contributed by atoms with E-state index < -0.39 is 6.10 Å². The van der Waals surface area contributed by atoms with Gasteiger partial charge in [0.2, 0.25) is 0 Å². The minimum absolute atomic E-state index is 0.343. The minimum atomic E-state index is -0.497. The molecule has 0 saturated heterocycles. The van der Waals surface area contributed by atoms with Gasteiger partial charge >= 0.3 is 0 Å². The van der Waals surface area contributed by atoms with E-state index in [0.29, 0.717) is 19.8 Å². The van der Waals surface area contributed by atoms with Crippen LogP contribution in [0.15, 0.2) is 29.9 Å². The van der Waals surface area contributed by atoms with Crippen molar-refractivity contribution in [3.63, 3.8) is 0 Å². The first-order valence-electron chi connectivity index (χ1n) is 5.51. The molecule has 0 aliphatic rings. The van der Waals surface area contributed by atoms with Crippen LogP contribution in [0.4, 0.5) is 0 Å². The van der Waals surface area contributed by atoms with Crippen LogP contribution >= 0.6 is 11.3 Å². The summed E-state index contributed by atoms with van der Waals surface area (Å²) in [5.74, 6) is 0.905. The van der Waals surface area contributed by atoms with Crippen LogP contribution < -0.4 is 0 Å². The first-order valence-corrected chi connectivity index (χ1v) is 6.39. The number of rotatable bonds is 6. The molecule has 2 aromatic heterocycles. The molecule has 0 radical (unpaired) electrons. The molecule has 0 aliphatic heterocycles. The quantitative estimate of drug-likeness (QED) is 0.853. The third-order valence-corrected chi connectivity index (χ3v) is 3.32. The predicted molar refractivity (Wildman–Crippen MR) is 66.9 cm³/mol. The third-order valence-electron chi connectivity index (χ3n) is 2.47. The van der Waals surface area contributed by atoms with Gasteiger partial charge in [0.05, 0.1) is 25.9 Å². The van der Waals surface area contributed by atoms with Gasteiger partial charge in [-0.2, -0.15) is 0 Å². The van der Waals surface area contributed by atoms with Crippen LogP contribution in [0.5, 0.6) is 0 Å². The topological polar surface area (TPSA) is 47.3 Å². The fourth-order valence-electron chi connectivity index (χ4n) is 1.57. The third kappa shape index (κ3) is 3.66. The van der Waals surface area contributed by atoms with E-state index in [1.807, 2.05) is 35.2 Å². The molecule has 0 unspecified atom stereocenters. The van der Waals surface area contributed by atoms with E-state index in [0.717, 1.165) is 5.82 Å². The largest absolute Gasteiger partial charge is 0.389 e. The Kier molecular flexibility index (Phi) is 4.30. The SMILES string of the molecule is Cc1nccn1C[C@@H](O)COCc1cccs1. The Bertz CT molecular complexity index is 439. The summed E-state index contributed by atoms with van der Waals surface area (Å²) in [5.41, 5.74) is 0. The molecule has 5 heteroatoms. The monoisotopic (exact) mass is 252 g/mol. The standard InChI is InChI=1S/C12H16N2O2S/c1-10-13-4-5-14(10)7-11(15)8-16-9-12-3-2-6-17-12/h2-6,11,15H,7-9H2,1H3/t11-/m1/s1.